The van der Waals surface area contributed by atoms with Crippen molar-refractivity contribution in [3.05, 3.63) is 20.3 Å². The summed E-state index contributed by atoms with van der Waals surface area (Å²) < 4.78 is 40.9. The van der Waals surface area contributed by atoms with Gasteiger partial charge in [0.1, 0.15) is 6.61 Å². The van der Waals surface area contributed by atoms with Gasteiger partial charge in [-0.25, -0.2) is 0 Å². The molecule has 16 heavy (non-hydrogen) atoms. The molecule has 0 N–H and O–H groups in total. The van der Waals surface area contributed by atoms with Crippen molar-refractivity contribution in [1.82, 2.24) is 0 Å². The van der Waals surface area contributed by atoms with Gasteiger partial charge < -0.3 is 4.74 Å². The zero-order chi connectivity index (χ0) is 12.3. The highest BCUT2D eigenvalue weighted by Crippen LogP contribution is 2.38. The Kier molecular flexibility index (Phi) is 5.38. The van der Waals surface area contributed by atoms with Gasteiger partial charge in [-0.15, -0.1) is 11.3 Å². The third-order valence-corrected chi connectivity index (χ3v) is 3.83. The summed E-state index contributed by atoms with van der Waals surface area (Å²) in [5, 5.41) is 0. The minimum absolute atomic E-state index is 0.119. The Morgan fingerprint density at radius 2 is 2.06 bits per heavy atom. The number of alkyl halides is 4. The van der Waals surface area contributed by atoms with Crippen LogP contribution in [0.4, 0.5) is 13.2 Å². The van der Waals surface area contributed by atoms with Crippen molar-refractivity contribution < 1.29 is 17.9 Å². The summed E-state index contributed by atoms with van der Waals surface area (Å²) in [6, 6.07) is 1.60. The molecule has 0 spiro atoms. The lowest BCUT2D eigenvalue weighted by Crippen LogP contribution is -2.18. The summed E-state index contributed by atoms with van der Waals surface area (Å²) in [6.07, 6.45) is -4.32. The van der Waals surface area contributed by atoms with Crippen LogP contribution in [0.2, 0.25) is 8.67 Å². The van der Waals surface area contributed by atoms with Crippen molar-refractivity contribution in [2.75, 3.05) is 13.2 Å². The number of hydrogen-bond acceptors (Lipinski definition) is 2. The lowest BCUT2D eigenvalue weighted by Gasteiger charge is -2.11. The van der Waals surface area contributed by atoms with E-state index in [1.807, 2.05) is 0 Å². The molecule has 1 nitrogen and oxygen atoms in total. The molecule has 1 atom stereocenters. The van der Waals surface area contributed by atoms with Crippen LogP contribution in [0, 0.1) is 0 Å². The van der Waals surface area contributed by atoms with E-state index in [9.17, 15) is 13.2 Å². The van der Waals surface area contributed by atoms with E-state index in [2.05, 4.69) is 20.7 Å². The second-order valence-electron chi connectivity index (χ2n) is 2.88. The third-order valence-electron chi connectivity index (χ3n) is 1.55. The van der Waals surface area contributed by atoms with E-state index in [0.29, 0.717) is 14.2 Å². The van der Waals surface area contributed by atoms with Crippen molar-refractivity contribution in [2.45, 2.75) is 11.0 Å². The Balaban J connectivity index is 2.47. The van der Waals surface area contributed by atoms with E-state index < -0.39 is 17.6 Å². The van der Waals surface area contributed by atoms with Gasteiger partial charge in [-0.1, -0.05) is 39.1 Å². The van der Waals surface area contributed by atoms with Crippen LogP contribution in [0.1, 0.15) is 10.4 Å². The molecule has 1 unspecified atom stereocenters. The molecule has 0 amide bonds. The van der Waals surface area contributed by atoms with E-state index in [-0.39, 0.29) is 6.61 Å². The van der Waals surface area contributed by atoms with Gasteiger partial charge in [0.2, 0.25) is 0 Å². The largest absolute Gasteiger partial charge is 0.411 e. The third kappa shape index (κ3) is 4.79. The second kappa shape index (κ2) is 5.91. The predicted molar refractivity (Wildman–Crippen MR) is 62.9 cm³/mol. The first kappa shape index (κ1) is 14.6. The molecule has 0 saturated heterocycles. The summed E-state index contributed by atoms with van der Waals surface area (Å²) >= 11 is 15.9. The van der Waals surface area contributed by atoms with Crippen LogP contribution in [0.3, 0.4) is 0 Å². The first-order valence-corrected chi connectivity index (χ1v) is 6.51. The maximum Gasteiger partial charge on any atom is 0.411 e. The summed E-state index contributed by atoms with van der Waals surface area (Å²) in [5.74, 6) is 0. The standard InChI is InChI=1S/C8H6BrCl2F3OS/c9-5(2-15-3-8(12,13)14)4-1-6(10)16-7(4)11/h1,5H,2-3H2. The predicted octanol–water partition coefficient (Wildman–Crippen LogP) is 5.07. The van der Waals surface area contributed by atoms with Crippen molar-refractivity contribution in [3.63, 3.8) is 0 Å². The fraction of sp³-hybridized carbons (Fsp3) is 0.500. The lowest BCUT2D eigenvalue weighted by atomic mass is 10.2. The molecule has 0 aliphatic rings. The van der Waals surface area contributed by atoms with Gasteiger partial charge >= 0.3 is 6.18 Å². The minimum atomic E-state index is -4.32. The molecular formula is C8H6BrCl2F3OS. The Morgan fingerprint density at radius 1 is 1.44 bits per heavy atom. The number of rotatable bonds is 4. The summed E-state index contributed by atoms with van der Waals surface area (Å²) in [5.41, 5.74) is 0.638. The van der Waals surface area contributed by atoms with Gasteiger partial charge in [0.25, 0.3) is 0 Å². The van der Waals surface area contributed by atoms with E-state index >= 15 is 0 Å². The topological polar surface area (TPSA) is 9.23 Å². The fourth-order valence-corrected chi connectivity index (χ4v) is 3.34. The van der Waals surface area contributed by atoms with Gasteiger partial charge in [-0.3, -0.25) is 0 Å². The van der Waals surface area contributed by atoms with Crippen LogP contribution in [0.5, 0.6) is 0 Å². The van der Waals surface area contributed by atoms with Crippen molar-refractivity contribution in [2.24, 2.45) is 0 Å². The van der Waals surface area contributed by atoms with Crippen LogP contribution in [-0.4, -0.2) is 19.4 Å². The first-order chi connectivity index (χ1) is 7.29. The normalized spacial score (nSPS) is 14.1. The fourth-order valence-electron chi connectivity index (χ4n) is 0.934. The second-order valence-corrected chi connectivity index (χ2v) is 6.27. The molecule has 0 aliphatic heterocycles. The van der Waals surface area contributed by atoms with Gasteiger partial charge in [0, 0.05) is 0 Å². The highest BCUT2D eigenvalue weighted by molar-refractivity contribution is 9.09. The maximum atomic E-state index is 11.8. The number of halogens is 6. The van der Waals surface area contributed by atoms with E-state index in [1.54, 1.807) is 6.07 Å². The Labute approximate surface area is 113 Å². The van der Waals surface area contributed by atoms with Crippen LogP contribution >= 0.6 is 50.5 Å². The monoisotopic (exact) mass is 356 g/mol. The smallest absolute Gasteiger partial charge is 0.371 e. The Bertz CT molecular complexity index is 356. The van der Waals surface area contributed by atoms with Crippen LogP contribution < -0.4 is 0 Å². The SMILES string of the molecule is FC(F)(F)COCC(Br)c1cc(Cl)sc1Cl. The van der Waals surface area contributed by atoms with Crippen LogP contribution in [0.15, 0.2) is 6.07 Å². The Hall–Kier alpha value is 0.510. The summed E-state index contributed by atoms with van der Waals surface area (Å²) in [6.45, 7) is -1.39. The molecule has 1 heterocycles. The van der Waals surface area contributed by atoms with E-state index in [0.717, 1.165) is 11.3 Å². The molecule has 1 rings (SSSR count). The lowest BCUT2D eigenvalue weighted by molar-refractivity contribution is -0.173. The van der Waals surface area contributed by atoms with Crippen LogP contribution in [-0.2, 0) is 4.74 Å². The van der Waals surface area contributed by atoms with Gasteiger partial charge in [0.05, 0.1) is 20.1 Å². The molecule has 8 heteroatoms. The van der Waals surface area contributed by atoms with Crippen molar-refractivity contribution in [1.29, 1.82) is 0 Å². The van der Waals surface area contributed by atoms with Gasteiger partial charge in [-0.05, 0) is 11.6 Å². The molecule has 0 aliphatic carbocycles. The molecule has 0 fully saturated rings. The zero-order valence-corrected chi connectivity index (χ0v) is 11.6. The summed E-state index contributed by atoms with van der Waals surface area (Å²) in [7, 11) is 0. The van der Waals surface area contributed by atoms with E-state index in [4.69, 9.17) is 23.2 Å². The maximum absolute atomic E-state index is 11.8. The minimum Gasteiger partial charge on any atom is -0.371 e. The van der Waals surface area contributed by atoms with E-state index in [1.165, 1.54) is 0 Å². The van der Waals surface area contributed by atoms with Gasteiger partial charge in [-0.2, -0.15) is 13.2 Å². The van der Waals surface area contributed by atoms with Crippen LogP contribution in [0.25, 0.3) is 0 Å². The van der Waals surface area contributed by atoms with Crippen molar-refractivity contribution in [3.8, 4) is 0 Å². The molecule has 92 valence electrons. The molecule has 1 aromatic rings. The highest BCUT2D eigenvalue weighted by Gasteiger charge is 2.28. The van der Waals surface area contributed by atoms with Gasteiger partial charge in [0.15, 0.2) is 0 Å². The number of hydrogen-bond donors (Lipinski definition) is 0. The zero-order valence-electron chi connectivity index (χ0n) is 7.65. The molecule has 1 aromatic heterocycles. The molecule has 0 aromatic carbocycles. The number of ether oxygens (including phenoxy) is 1. The molecule has 0 bridgehead atoms. The molecular weight excluding hydrogens is 352 g/mol. The first-order valence-electron chi connectivity index (χ1n) is 4.03. The molecule has 0 radical (unpaired) electrons. The Morgan fingerprint density at radius 3 is 2.50 bits per heavy atom. The molecule has 0 saturated carbocycles. The van der Waals surface area contributed by atoms with Crippen molar-refractivity contribution >= 4 is 50.5 Å². The summed E-state index contributed by atoms with van der Waals surface area (Å²) in [4.78, 5) is -0.397. The number of thiophene rings is 1. The average Bonchev–Trinajstić information content (AvgIpc) is 2.43. The average molecular weight is 358 g/mol. The quantitative estimate of drug-likeness (QED) is 0.683. The highest BCUT2D eigenvalue weighted by atomic mass is 79.9.